The lowest BCUT2D eigenvalue weighted by Crippen LogP contribution is -2.20. The van der Waals surface area contributed by atoms with Crippen LogP contribution in [0.4, 0.5) is 0 Å². The zero-order valence-corrected chi connectivity index (χ0v) is 7.41. The Morgan fingerprint density at radius 3 is 2.22 bits per heavy atom. The normalized spacial score (nSPS) is 15.1. The monoisotopic (exact) mass is 144 g/mol. The van der Waals surface area contributed by atoms with E-state index in [-0.39, 0.29) is 5.41 Å². The molecule has 0 nitrogen and oxygen atoms in total. The Morgan fingerprint density at radius 2 is 2.11 bits per heavy atom. The Kier molecular flexibility index (Phi) is 3.34. The van der Waals surface area contributed by atoms with E-state index in [0.717, 1.165) is 6.42 Å². The Balaban J connectivity index is 3.95. The molecular formula is C8H16S. The fourth-order valence-electron chi connectivity index (χ4n) is 0.662. The van der Waals surface area contributed by atoms with E-state index in [9.17, 15) is 0 Å². The van der Waals surface area contributed by atoms with E-state index >= 15 is 0 Å². The van der Waals surface area contributed by atoms with Crippen molar-refractivity contribution in [2.45, 2.75) is 32.4 Å². The van der Waals surface area contributed by atoms with Crippen LogP contribution >= 0.6 is 12.6 Å². The molecule has 0 aliphatic carbocycles. The molecule has 0 bridgehead atoms. The summed E-state index contributed by atoms with van der Waals surface area (Å²) in [5.41, 5.74) is 0.178. The fourth-order valence-corrected chi connectivity index (χ4v) is 0.768. The van der Waals surface area contributed by atoms with Crippen LogP contribution in [0.3, 0.4) is 0 Å². The van der Waals surface area contributed by atoms with Crippen molar-refractivity contribution in [3.63, 3.8) is 0 Å². The van der Waals surface area contributed by atoms with E-state index in [2.05, 4.69) is 40.0 Å². The average molecular weight is 144 g/mol. The van der Waals surface area contributed by atoms with E-state index in [1.54, 1.807) is 0 Å². The van der Waals surface area contributed by atoms with Crippen molar-refractivity contribution in [1.82, 2.24) is 0 Å². The predicted octanol–water partition coefficient (Wildman–Crippen LogP) is 2.91. The van der Waals surface area contributed by atoms with Crippen molar-refractivity contribution >= 4 is 12.6 Å². The molecule has 0 aromatic rings. The summed E-state index contributed by atoms with van der Waals surface area (Å²) in [6.07, 6.45) is 3.07. The van der Waals surface area contributed by atoms with Gasteiger partial charge in [-0.05, 0) is 11.8 Å². The van der Waals surface area contributed by atoms with E-state index in [0.29, 0.717) is 5.25 Å². The second kappa shape index (κ2) is 3.31. The second-order valence-corrected chi connectivity index (χ2v) is 3.57. The van der Waals surface area contributed by atoms with Gasteiger partial charge in [-0.2, -0.15) is 12.6 Å². The summed E-state index contributed by atoms with van der Waals surface area (Å²) >= 11 is 4.42. The molecule has 0 aromatic carbocycles. The van der Waals surface area contributed by atoms with Crippen LogP contribution in [0, 0.1) is 5.41 Å². The molecule has 0 amide bonds. The molecule has 0 aromatic heterocycles. The minimum absolute atomic E-state index is 0.178. The second-order valence-electron chi connectivity index (χ2n) is 2.95. The number of thiol groups is 1. The maximum Gasteiger partial charge on any atom is 0.00998 e. The molecule has 0 aliphatic rings. The first-order valence-corrected chi connectivity index (χ1v) is 3.88. The van der Waals surface area contributed by atoms with Crippen LogP contribution in [0.1, 0.15) is 27.2 Å². The molecule has 9 heavy (non-hydrogen) atoms. The quantitative estimate of drug-likeness (QED) is 0.457. The summed E-state index contributed by atoms with van der Waals surface area (Å²) in [5.74, 6) is 0. The third-order valence-corrected chi connectivity index (χ3v) is 2.80. The first-order chi connectivity index (χ1) is 4.04. The van der Waals surface area contributed by atoms with E-state index in [1.165, 1.54) is 0 Å². The highest BCUT2D eigenvalue weighted by Crippen LogP contribution is 2.27. The SMILES string of the molecule is C=CC(C)(C)C(S)CC. The van der Waals surface area contributed by atoms with Gasteiger partial charge in [0.05, 0.1) is 0 Å². The van der Waals surface area contributed by atoms with Crippen molar-refractivity contribution in [3.05, 3.63) is 12.7 Å². The van der Waals surface area contributed by atoms with Gasteiger partial charge in [-0.3, -0.25) is 0 Å². The van der Waals surface area contributed by atoms with Crippen LogP contribution in [-0.4, -0.2) is 5.25 Å². The van der Waals surface area contributed by atoms with E-state index in [4.69, 9.17) is 0 Å². The molecule has 0 heterocycles. The van der Waals surface area contributed by atoms with Crippen molar-refractivity contribution in [1.29, 1.82) is 0 Å². The standard InChI is InChI=1S/C8H16S/c1-5-7(9)8(3,4)6-2/h6-7,9H,2,5H2,1,3-4H3. The summed E-state index contributed by atoms with van der Waals surface area (Å²) in [6, 6.07) is 0. The molecule has 1 unspecified atom stereocenters. The van der Waals surface area contributed by atoms with Gasteiger partial charge >= 0.3 is 0 Å². The lowest BCUT2D eigenvalue weighted by Gasteiger charge is -2.25. The highest BCUT2D eigenvalue weighted by molar-refractivity contribution is 7.81. The Hall–Kier alpha value is 0.0900. The summed E-state index contributed by atoms with van der Waals surface area (Å²) in [7, 11) is 0. The molecule has 1 heteroatoms. The zero-order chi connectivity index (χ0) is 7.49. The van der Waals surface area contributed by atoms with Crippen LogP contribution in [0.2, 0.25) is 0 Å². The first kappa shape index (κ1) is 9.09. The van der Waals surface area contributed by atoms with Crippen molar-refractivity contribution in [2.24, 2.45) is 5.41 Å². The predicted molar refractivity (Wildman–Crippen MR) is 47.0 cm³/mol. The third kappa shape index (κ3) is 2.44. The highest BCUT2D eigenvalue weighted by Gasteiger charge is 2.20. The lowest BCUT2D eigenvalue weighted by atomic mass is 9.88. The van der Waals surface area contributed by atoms with Crippen LogP contribution in [-0.2, 0) is 0 Å². The van der Waals surface area contributed by atoms with Gasteiger partial charge in [-0.1, -0.05) is 26.8 Å². The summed E-state index contributed by atoms with van der Waals surface area (Å²) < 4.78 is 0. The van der Waals surface area contributed by atoms with Crippen LogP contribution < -0.4 is 0 Å². The van der Waals surface area contributed by atoms with Gasteiger partial charge in [0.2, 0.25) is 0 Å². The van der Waals surface area contributed by atoms with Gasteiger partial charge in [0, 0.05) is 5.25 Å². The van der Waals surface area contributed by atoms with Gasteiger partial charge in [-0.15, -0.1) is 6.58 Å². The molecule has 1 atom stereocenters. The minimum atomic E-state index is 0.178. The molecule has 0 saturated heterocycles. The van der Waals surface area contributed by atoms with Crippen molar-refractivity contribution in [3.8, 4) is 0 Å². The Morgan fingerprint density at radius 1 is 1.67 bits per heavy atom. The van der Waals surface area contributed by atoms with Gasteiger partial charge in [0.15, 0.2) is 0 Å². The first-order valence-electron chi connectivity index (χ1n) is 3.36. The molecule has 54 valence electrons. The highest BCUT2D eigenvalue weighted by atomic mass is 32.1. The lowest BCUT2D eigenvalue weighted by molar-refractivity contribution is 0.451. The van der Waals surface area contributed by atoms with Gasteiger partial charge in [0.25, 0.3) is 0 Å². The maximum absolute atomic E-state index is 4.42. The molecular weight excluding hydrogens is 128 g/mol. The molecule has 0 rings (SSSR count). The summed E-state index contributed by atoms with van der Waals surface area (Å²) in [5, 5.41) is 0.440. The van der Waals surface area contributed by atoms with Crippen molar-refractivity contribution < 1.29 is 0 Å². The Labute approximate surface area is 63.8 Å². The van der Waals surface area contributed by atoms with Crippen LogP contribution in [0.15, 0.2) is 12.7 Å². The Bertz CT molecular complexity index is 94.7. The van der Waals surface area contributed by atoms with Crippen LogP contribution in [0.5, 0.6) is 0 Å². The number of hydrogen-bond acceptors (Lipinski definition) is 1. The molecule has 0 aliphatic heterocycles. The number of allylic oxidation sites excluding steroid dienone is 1. The fraction of sp³-hybridized carbons (Fsp3) is 0.750. The summed E-state index contributed by atoms with van der Waals surface area (Å²) in [4.78, 5) is 0. The molecule has 0 radical (unpaired) electrons. The molecule has 0 saturated carbocycles. The number of hydrogen-bond donors (Lipinski definition) is 1. The smallest absolute Gasteiger partial charge is 0.00998 e. The van der Waals surface area contributed by atoms with Crippen molar-refractivity contribution in [2.75, 3.05) is 0 Å². The topological polar surface area (TPSA) is 0 Å². The molecule has 0 spiro atoms. The van der Waals surface area contributed by atoms with Crippen LogP contribution in [0.25, 0.3) is 0 Å². The van der Waals surface area contributed by atoms with Gasteiger partial charge in [-0.25, -0.2) is 0 Å². The minimum Gasteiger partial charge on any atom is -0.175 e. The largest absolute Gasteiger partial charge is 0.175 e. The molecule has 0 N–H and O–H groups in total. The van der Waals surface area contributed by atoms with E-state index in [1.807, 2.05) is 6.08 Å². The van der Waals surface area contributed by atoms with E-state index < -0.39 is 0 Å². The van der Waals surface area contributed by atoms with Gasteiger partial charge < -0.3 is 0 Å². The zero-order valence-electron chi connectivity index (χ0n) is 6.52. The third-order valence-electron chi connectivity index (χ3n) is 1.77. The maximum atomic E-state index is 4.42. The molecule has 0 fully saturated rings. The summed E-state index contributed by atoms with van der Waals surface area (Å²) in [6.45, 7) is 10.2. The average Bonchev–Trinajstić information content (AvgIpc) is 1.86. The van der Waals surface area contributed by atoms with Gasteiger partial charge in [0.1, 0.15) is 0 Å². The number of rotatable bonds is 3.